The minimum Gasteiger partial charge on any atom is -0.361 e. The molecular weight excluding hydrogens is 376 g/mol. The lowest BCUT2D eigenvalue weighted by Gasteiger charge is -2.34. The van der Waals surface area contributed by atoms with E-state index in [0.717, 1.165) is 54.2 Å². The van der Waals surface area contributed by atoms with Crippen LogP contribution in [0.2, 0.25) is 0 Å². The van der Waals surface area contributed by atoms with Crippen molar-refractivity contribution in [3.05, 3.63) is 38.4 Å². The Morgan fingerprint density at radius 2 is 2.07 bits per heavy atom. The first-order valence-corrected chi connectivity index (χ1v) is 10.7. The van der Waals surface area contributed by atoms with E-state index in [-0.39, 0.29) is 18.4 Å². The number of aryl methyl sites for hydroxylation is 2. The number of piperazine rings is 1. The Morgan fingerprint density at radius 3 is 2.75 bits per heavy atom. The predicted molar refractivity (Wildman–Crippen MR) is 106 cm³/mol. The molecule has 2 amide bonds. The Hall–Kier alpha value is -2.19. The zero-order valence-corrected chi connectivity index (χ0v) is 17.5. The molecule has 1 saturated heterocycles. The molecule has 4 heterocycles. The van der Waals surface area contributed by atoms with Crippen molar-refractivity contribution < 1.29 is 14.1 Å². The summed E-state index contributed by atoms with van der Waals surface area (Å²) in [7, 11) is 0. The van der Waals surface area contributed by atoms with Crippen molar-refractivity contribution in [2.45, 2.75) is 40.3 Å². The number of fused-ring (bicyclic) bond motifs is 1. The van der Waals surface area contributed by atoms with E-state index in [1.54, 1.807) is 21.1 Å². The number of rotatable bonds is 4. The molecule has 4 rings (SSSR count). The number of hydrogen-bond donors (Lipinski definition) is 0. The number of thiophene rings is 1. The fraction of sp³-hybridized carbons (Fsp3) is 0.550. The third-order valence-corrected chi connectivity index (χ3v) is 6.82. The van der Waals surface area contributed by atoms with Crippen molar-refractivity contribution in [1.29, 1.82) is 0 Å². The molecule has 2 aliphatic heterocycles. The molecule has 8 heteroatoms. The van der Waals surface area contributed by atoms with Gasteiger partial charge in [-0.05, 0) is 32.8 Å². The van der Waals surface area contributed by atoms with E-state index in [4.69, 9.17) is 4.52 Å². The van der Waals surface area contributed by atoms with Crippen LogP contribution in [0.25, 0.3) is 0 Å². The molecule has 0 atom stereocenters. The van der Waals surface area contributed by atoms with Crippen molar-refractivity contribution in [2.75, 3.05) is 32.7 Å². The third-order valence-electron chi connectivity index (χ3n) is 5.81. The first-order chi connectivity index (χ1) is 13.5. The lowest BCUT2D eigenvalue weighted by Crippen LogP contribution is -2.52. The van der Waals surface area contributed by atoms with Crippen LogP contribution in [0, 0.1) is 13.8 Å². The van der Waals surface area contributed by atoms with Gasteiger partial charge in [-0.25, -0.2) is 0 Å². The predicted octanol–water partition coefficient (Wildman–Crippen LogP) is 2.22. The summed E-state index contributed by atoms with van der Waals surface area (Å²) in [4.78, 5) is 32.3. The van der Waals surface area contributed by atoms with Gasteiger partial charge in [-0.2, -0.15) is 0 Å². The second-order valence-corrected chi connectivity index (χ2v) is 8.48. The molecule has 2 aromatic heterocycles. The van der Waals surface area contributed by atoms with Crippen LogP contribution in [0.5, 0.6) is 0 Å². The number of amides is 2. The van der Waals surface area contributed by atoms with Crippen LogP contribution in [0.3, 0.4) is 0 Å². The van der Waals surface area contributed by atoms with Crippen LogP contribution in [-0.4, -0.2) is 64.4 Å². The van der Waals surface area contributed by atoms with Crippen LogP contribution in [0.1, 0.15) is 44.7 Å². The normalized spacial score (nSPS) is 17.9. The van der Waals surface area contributed by atoms with Gasteiger partial charge in [0, 0.05) is 55.1 Å². The van der Waals surface area contributed by atoms with E-state index < -0.39 is 0 Å². The lowest BCUT2D eigenvalue weighted by atomic mass is 10.0. The molecule has 0 bridgehead atoms. The standard InChI is InChI=1S/C20H26N4O3S/c1-4-23-7-8-24(11-19(23)25)20(26)17-12-28-18-10-22(6-5-15(17)18)9-16-13(2)21-27-14(16)3/h12H,4-11H2,1-3H3. The summed E-state index contributed by atoms with van der Waals surface area (Å²) in [6, 6.07) is 0. The monoisotopic (exact) mass is 402 g/mol. The highest BCUT2D eigenvalue weighted by Gasteiger charge is 2.31. The summed E-state index contributed by atoms with van der Waals surface area (Å²) in [6.45, 7) is 10.6. The fourth-order valence-corrected chi connectivity index (χ4v) is 5.15. The minimum atomic E-state index is 0.000719. The van der Waals surface area contributed by atoms with Gasteiger partial charge in [-0.3, -0.25) is 14.5 Å². The zero-order valence-electron chi connectivity index (χ0n) is 16.7. The van der Waals surface area contributed by atoms with E-state index in [1.165, 1.54) is 4.88 Å². The molecule has 2 aromatic rings. The molecule has 28 heavy (non-hydrogen) atoms. The van der Waals surface area contributed by atoms with E-state index in [1.807, 2.05) is 26.2 Å². The van der Waals surface area contributed by atoms with Gasteiger partial charge in [0.2, 0.25) is 5.91 Å². The quantitative estimate of drug-likeness (QED) is 0.784. The van der Waals surface area contributed by atoms with E-state index in [0.29, 0.717) is 19.6 Å². The average molecular weight is 403 g/mol. The maximum absolute atomic E-state index is 13.0. The molecule has 150 valence electrons. The van der Waals surface area contributed by atoms with Crippen molar-refractivity contribution in [3.63, 3.8) is 0 Å². The average Bonchev–Trinajstić information content (AvgIpc) is 3.25. The molecule has 0 radical (unpaired) electrons. The van der Waals surface area contributed by atoms with Crippen molar-refractivity contribution in [2.24, 2.45) is 0 Å². The molecule has 0 aliphatic carbocycles. The van der Waals surface area contributed by atoms with Gasteiger partial charge < -0.3 is 14.3 Å². The molecule has 0 saturated carbocycles. The van der Waals surface area contributed by atoms with Crippen LogP contribution < -0.4 is 0 Å². The highest BCUT2D eigenvalue weighted by atomic mass is 32.1. The summed E-state index contributed by atoms with van der Waals surface area (Å²) < 4.78 is 5.28. The highest BCUT2D eigenvalue weighted by molar-refractivity contribution is 7.10. The van der Waals surface area contributed by atoms with Gasteiger partial charge >= 0.3 is 0 Å². The largest absolute Gasteiger partial charge is 0.361 e. The summed E-state index contributed by atoms with van der Waals surface area (Å²) in [5, 5.41) is 6.02. The Morgan fingerprint density at radius 1 is 1.25 bits per heavy atom. The van der Waals surface area contributed by atoms with Crippen LogP contribution in [0.4, 0.5) is 0 Å². The van der Waals surface area contributed by atoms with Crippen molar-refractivity contribution >= 4 is 23.2 Å². The second-order valence-electron chi connectivity index (χ2n) is 7.51. The van der Waals surface area contributed by atoms with Crippen molar-refractivity contribution in [1.82, 2.24) is 19.9 Å². The number of likely N-dealkylation sites (N-methyl/N-ethyl adjacent to an activating group) is 1. The molecule has 7 nitrogen and oxygen atoms in total. The van der Waals surface area contributed by atoms with Gasteiger partial charge in [0.05, 0.1) is 11.3 Å². The number of carbonyl (C=O) groups excluding carboxylic acids is 2. The number of aromatic nitrogens is 1. The number of hydrogen-bond acceptors (Lipinski definition) is 6. The van der Waals surface area contributed by atoms with Crippen LogP contribution >= 0.6 is 11.3 Å². The third kappa shape index (κ3) is 3.46. The first kappa shape index (κ1) is 19.1. The maximum Gasteiger partial charge on any atom is 0.255 e. The summed E-state index contributed by atoms with van der Waals surface area (Å²) in [5.41, 5.74) is 4.05. The molecule has 0 unspecified atom stereocenters. The van der Waals surface area contributed by atoms with Crippen LogP contribution in [0.15, 0.2) is 9.90 Å². The van der Waals surface area contributed by atoms with Gasteiger partial charge in [0.15, 0.2) is 0 Å². The Bertz CT molecular complexity index is 884. The van der Waals surface area contributed by atoms with Crippen molar-refractivity contribution in [3.8, 4) is 0 Å². The summed E-state index contributed by atoms with van der Waals surface area (Å²) in [5.74, 6) is 0.916. The Labute approximate surface area is 168 Å². The molecular formula is C20H26N4O3S. The zero-order chi connectivity index (χ0) is 19.8. The first-order valence-electron chi connectivity index (χ1n) is 9.78. The fourth-order valence-electron chi connectivity index (χ4n) is 4.03. The molecule has 0 spiro atoms. The van der Waals surface area contributed by atoms with E-state index in [9.17, 15) is 9.59 Å². The summed E-state index contributed by atoms with van der Waals surface area (Å²) in [6.07, 6.45) is 0.853. The minimum absolute atomic E-state index is 0.000719. The van der Waals surface area contributed by atoms with Gasteiger partial charge in [-0.15, -0.1) is 11.3 Å². The molecule has 0 aromatic carbocycles. The molecule has 1 fully saturated rings. The van der Waals surface area contributed by atoms with Gasteiger partial charge in [-0.1, -0.05) is 5.16 Å². The van der Waals surface area contributed by atoms with E-state index >= 15 is 0 Å². The second kappa shape index (κ2) is 7.67. The Balaban J connectivity index is 1.45. The highest BCUT2D eigenvalue weighted by Crippen LogP contribution is 2.31. The topological polar surface area (TPSA) is 69.9 Å². The Kier molecular flexibility index (Phi) is 5.25. The number of carbonyl (C=O) groups is 2. The van der Waals surface area contributed by atoms with E-state index in [2.05, 4.69) is 10.1 Å². The lowest BCUT2D eigenvalue weighted by molar-refractivity contribution is -0.134. The molecule has 0 N–H and O–H groups in total. The SMILES string of the molecule is CCN1CCN(C(=O)c2csc3c2CCN(Cc2c(C)noc2C)C3)CC1=O. The maximum atomic E-state index is 13.0. The number of nitrogens with zero attached hydrogens (tertiary/aromatic N) is 4. The van der Waals surface area contributed by atoms with Crippen LogP contribution in [-0.2, 0) is 24.3 Å². The van der Waals surface area contributed by atoms with Gasteiger partial charge in [0.25, 0.3) is 5.91 Å². The molecule has 2 aliphatic rings. The van der Waals surface area contributed by atoms with Gasteiger partial charge in [0.1, 0.15) is 12.3 Å². The smallest absolute Gasteiger partial charge is 0.255 e. The summed E-state index contributed by atoms with van der Waals surface area (Å²) >= 11 is 1.65.